The number of aliphatic hydroxyl groups excluding tert-OH is 1. The van der Waals surface area contributed by atoms with Crippen LogP contribution in [0.4, 0.5) is 0 Å². The van der Waals surface area contributed by atoms with E-state index in [1.54, 1.807) is 43.3 Å². The summed E-state index contributed by atoms with van der Waals surface area (Å²) in [4.78, 5) is 0.371. The van der Waals surface area contributed by atoms with Crippen LogP contribution in [0, 0.1) is 26.3 Å². The molecule has 1 N–H and O–H groups in total. The molecule has 39 heavy (non-hydrogen) atoms. The molecule has 0 bridgehead atoms. The van der Waals surface area contributed by atoms with Crippen LogP contribution < -0.4 is 13.3 Å². The number of halogens is 5. The van der Waals surface area contributed by atoms with Gasteiger partial charge in [0.25, 0.3) is 19.2 Å². The molecule has 0 saturated heterocycles. The van der Waals surface area contributed by atoms with E-state index in [2.05, 4.69) is 51.1 Å². The maximum absolute atomic E-state index is 11.9. The van der Waals surface area contributed by atoms with E-state index < -0.39 is 19.2 Å². The van der Waals surface area contributed by atoms with Gasteiger partial charge in [-0.1, -0.05) is 74.9 Å². The number of unbranched alkanes of at least 4 members (excludes halogenated alkanes) is 2. The predicted molar refractivity (Wildman–Crippen MR) is 175 cm³/mol. The standard InChI is InChI=1S/C13H20O3S.C7H7ClO2S.C6H14O.ClH2.I3/c1-4-5-6-12(3)16-17(14,15)13-9-7-11(2)8-10-13;1-6-2-4-7(5-3-6)11(8,9)10;1-3-4-5-6(2)7;;1-3-2/h7-10,12H,4-6H2,1-3H3;2-5H,1H3;6-7H,3-5H2,1-2H3;1H2;/q;;;+1;-1. The summed E-state index contributed by atoms with van der Waals surface area (Å²) in [7, 11) is -2.07. The molecule has 0 aromatic heterocycles. The van der Waals surface area contributed by atoms with Crippen LogP contribution in [0.15, 0.2) is 58.3 Å². The molecule has 0 aliphatic heterocycles. The normalized spacial score (nSPS) is 12.3. The van der Waals surface area contributed by atoms with E-state index >= 15 is 0 Å². The van der Waals surface area contributed by atoms with Crippen molar-refractivity contribution in [3.05, 3.63) is 59.7 Å². The van der Waals surface area contributed by atoms with Crippen molar-refractivity contribution in [2.75, 3.05) is 0 Å². The summed E-state index contributed by atoms with van der Waals surface area (Å²) in [5, 5.41) is 8.68. The Balaban J connectivity index is -0.000000507. The van der Waals surface area contributed by atoms with Crippen LogP contribution in [-0.2, 0) is 23.4 Å². The molecule has 6 nitrogen and oxygen atoms in total. The topological polar surface area (TPSA) is 97.7 Å². The number of benzene rings is 2. The molecule has 0 saturated carbocycles. The Morgan fingerprint density at radius 1 is 0.821 bits per heavy atom. The third-order valence-electron chi connectivity index (χ3n) is 4.84. The minimum Gasteiger partial charge on any atom is 0.0903 e. The second-order valence-electron chi connectivity index (χ2n) is 8.61. The maximum Gasteiger partial charge on any atom is 0.0903 e. The van der Waals surface area contributed by atoms with E-state index in [9.17, 15) is 16.8 Å². The van der Waals surface area contributed by atoms with Crippen molar-refractivity contribution in [1.82, 2.24) is 0 Å². The van der Waals surface area contributed by atoms with Crippen molar-refractivity contribution in [3.8, 4) is 0 Å². The van der Waals surface area contributed by atoms with Crippen molar-refractivity contribution < 1.29 is 51.8 Å². The fraction of sp³-hybridized carbons (Fsp3) is 0.538. The average molecular weight is 967 g/mol. The Hall–Kier alpha value is 1.03. The van der Waals surface area contributed by atoms with Gasteiger partial charge in [0.15, 0.2) is 0 Å². The Labute approximate surface area is 277 Å². The number of hydrogen-bond acceptors (Lipinski definition) is 6. The second-order valence-corrected chi connectivity index (χ2v) is 29.0. The van der Waals surface area contributed by atoms with Gasteiger partial charge in [-0.2, -0.15) is 8.42 Å². The number of rotatable bonds is 10. The number of hydrogen-bond donors (Lipinski definition) is 1. The van der Waals surface area contributed by atoms with Crippen LogP contribution in [0.3, 0.4) is 0 Å². The Bertz CT molecular complexity index is 1070. The molecule has 0 amide bonds. The summed E-state index contributed by atoms with van der Waals surface area (Å²) >= 11 is 5.30. The summed E-state index contributed by atoms with van der Waals surface area (Å²) in [6.45, 7) is 11.6. The summed E-state index contributed by atoms with van der Waals surface area (Å²) in [5.41, 5.74) is 2.04. The summed E-state index contributed by atoms with van der Waals surface area (Å²) in [6, 6.07) is 13.1. The molecular formula is C26H43Cl2I3O6S2. The summed E-state index contributed by atoms with van der Waals surface area (Å²) in [6.07, 6.45) is 5.71. The molecule has 0 fully saturated rings. The summed E-state index contributed by atoms with van der Waals surface area (Å²) < 4.78 is 50.3. The first-order chi connectivity index (χ1) is 17.6. The molecule has 2 aromatic rings. The van der Waals surface area contributed by atoms with Gasteiger partial charge in [-0.25, -0.2) is 8.42 Å². The van der Waals surface area contributed by atoms with Gasteiger partial charge in [0.2, 0.25) is 0 Å². The molecule has 2 aromatic carbocycles. The van der Waals surface area contributed by atoms with E-state index in [1.807, 2.05) is 20.8 Å². The second kappa shape index (κ2) is 25.5. The first-order valence-corrected chi connectivity index (χ1v) is 28.5. The van der Waals surface area contributed by atoms with Gasteiger partial charge >= 0.3 is 50.5 Å². The molecule has 0 aliphatic rings. The molecule has 0 aliphatic carbocycles. The molecule has 0 radical (unpaired) electrons. The van der Waals surface area contributed by atoms with Crippen molar-refractivity contribution in [3.63, 3.8) is 0 Å². The minimum absolute atomic E-state index is 0. The van der Waals surface area contributed by atoms with Gasteiger partial charge in [-0.3, -0.25) is 4.18 Å². The molecule has 2 rings (SSSR count). The zero-order valence-corrected chi connectivity index (χ0v) is 33.0. The fourth-order valence-electron chi connectivity index (χ4n) is 2.72. The van der Waals surface area contributed by atoms with Gasteiger partial charge in [0, 0.05) is 10.7 Å². The van der Waals surface area contributed by atoms with Crippen LogP contribution in [0.1, 0.15) is 77.3 Å². The van der Waals surface area contributed by atoms with Crippen LogP contribution in [0.5, 0.6) is 0 Å². The molecular weight excluding hydrogens is 924 g/mol. The third kappa shape index (κ3) is 25.3. The molecule has 2 atom stereocenters. The smallest absolute Gasteiger partial charge is 0.0903 e. The first-order valence-electron chi connectivity index (χ1n) is 12.2. The van der Waals surface area contributed by atoms with E-state index in [1.165, 1.54) is 18.6 Å². The van der Waals surface area contributed by atoms with Crippen molar-refractivity contribution in [1.29, 1.82) is 0 Å². The van der Waals surface area contributed by atoms with Crippen LogP contribution >= 0.6 is 47.9 Å². The quantitative estimate of drug-likeness (QED) is 0.205. The molecule has 0 spiro atoms. The Morgan fingerprint density at radius 3 is 1.49 bits per heavy atom. The SMILES string of the molecule is CCCCC(C)O.CCCCC(C)OS(=O)(=O)c1ccc(C)cc1.Cc1ccc(S(=O)(=O)Cl)cc1.I[I-]I.[ClH2+]. The average Bonchev–Trinajstić information content (AvgIpc) is 2.82. The van der Waals surface area contributed by atoms with E-state index in [0.29, 0.717) is 13.3 Å². The first kappa shape index (κ1) is 44.5. The molecule has 0 heterocycles. The van der Waals surface area contributed by atoms with Gasteiger partial charge in [0.05, 0.1) is 34.4 Å². The van der Waals surface area contributed by atoms with Crippen molar-refractivity contribution in [2.24, 2.45) is 0 Å². The Morgan fingerprint density at radius 2 is 1.18 bits per heavy atom. The van der Waals surface area contributed by atoms with Gasteiger partial charge in [-0.15, -0.1) is 0 Å². The van der Waals surface area contributed by atoms with Crippen LogP contribution in [0.2, 0.25) is 0 Å². The van der Waals surface area contributed by atoms with Crippen LogP contribution in [-0.4, -0.2) is 34.2 Å². The fourth-order valence-corrected chi connectivity index (χ4v) is 4.60. The van der Waals surface area contributed by atoms with E-state index in [0.717, 1.165) is 43.2 Å². The van der Waals surface area contributed by atoms with Crippen molar-refractivity contribution >= 4 is 67.1 Å². The molecule has 230 valence electrons. The predicted octanol–water partition coefficient (Wildman–Crippen LogP) is 5.00. The van der Waals surface area contributed by atoms with E-state index in [4.69, 9.17) is 20.0 Å². The Kier molecular flexibility index (Phi) is 29.1. The van der Waals surface area contributed by atoms with Crippen molar-refractivity contribution in [2.45, 2.75) is 102 Å². The van der Waals surface area contributed by atoms with E-state index in [-0.39, 0.29) is 34.4 Å². The molecule has 13 heteroatoms. The largest absolute Gasteiger partial charge is 0.0903 e. The third-order valence-corrected chi connectivity index (χ3v) is 7.64. The van der Waals surface area contributed by atoms with Crippen LogP contribution in [0.25, 0.3) is 0 Å². The minimum atomic E-state index is -3.61. The maximum atomic E-state index is 11.9. The monoisotopic (exact) mass is 966 g/mol. The van der Waals surface area contributed by atoms with Gasteiger partial charge < -0.3 is 5.11 Å². The molecule has 2 unspecified atom stereocenters. The van der Waals surface area contributed by atoms with Gasteiger partial charge in [0.1, 0.15) is 0 Å². The summed E-state index contributed by atoms with van der Waals surface area (Å²) in [5.74, 6) is 0. The number of aliphatic hydroxyl groups is 1. The zero-order chi connectivity index (χ0) is 29.8. The zero-order valence-electron chi connectivity index (χ0n) is 23.3. The van der Waals surface area contributed by atoms with Gasteiger partial charge in [-0.05, 0) is 64.8 Å². The number of aryl methyl sites for hydroxylation is 2.